The Morgan fingerprint density at radius 3 is 2.37 bits per heavy atom. The molecule has 0 aliphatic rings. The molecule has 0 saturated heterocycles. The predicted molar refractivity (Wildman–Crippen MR) is 117 cm³/mol. The van der Waals surface area contributed by atoms with Crippen molar-refractivity contribution in [3.63, 3.8) is 0 Å². The van der Waals surface area contributed by atoms with Crippen LogP contribution >= 0.6 is 23.2 Å². The number of hydrogen-bond donors (Lipinski definition) is 2. The SMILES string of the molecule is Nc1ccc(S(=O)(=O)Nc2ccc(Cl)cc2Cl)cc1-c1nnc(-c2ccccc2)o1. The van der Waals surface area contributed by atoms with Gasteiger partial charge in [0.2, 0.25) is 11.8 Å². The zero-order chi connectivity index (χ0) is 21.3. The topological polar surface area (TPSA) is 111 Å². The molecule has 0 aliphatic carbocycles. The van der Waals surface area contributed by atoms with E-state index in [1.165, 1.54) is 36.4 Å². The molecule has 3 N–H and O–H groups in total. The van der Waals surface area contributed by atoms with Crippen molar-refractivity contribution >= 4 is 44.6 Å². The minimum atomic E-state index is -3.96. The normalized spacial score (nSPS) is 11.4. The van der Waals surface area contributed by atoms with Gasteiger partial charge in [-0.15, -0.1) is 10.2 Å². The van der Waals surface area contributed by atoms with Crippen LogP contribution in [0.5, 0.6) is 0 Å². The molecule has 0 saturated carbocycles. The summed E-state index contributed by atoms with van der Waals surface area (Å²) in [6, 6.07) is 17.8. The van der Waals surface area contributed by atoms with E-state index in [4.69, 9.17) is 33.4 Å². The highest BCUT2D eigenvalue weighted by Crippen LogP contribution is 2.32. The second kappa shape index (κ2) is 7.98. The number of benzene rings is 3. The third-order valence-corrected chi connectivity index (χ3v) is 6.10. The number of anilines is 2. The van der Waals surface area contributed by atoms with E-state index in [1.54, 1.807) is 0 Å². The lowest BCUT2D eigenvalue weighted by atomic mass is 10.2. The van der Waals surface area contributed by atoms with Gasteiger partial charge in [-0.3, -0.25) is 4.72 Å². The van der Waals surface area contributed by atoms with Crippen molar-refractivity contribution in [2.45, 2.75) is 4.90 Å². The van der Waals surface area contributed by atoms with Crippen molar-refractivity contribution in [3.05, 3.63) is 76.8 Å². The summed E-state index contributed by atoms with van der Waals surface area (Å²) in [5, 5.41) is 8.59. The van der Waals surface area contributed by atoms with Crippen molar-refractivity contribution in [2.75, 3.05) is 10.5 Å². The Hall–Kier alpha value is -3.07. The van der Waals surface area contributed by atoms with Crippen molar-refractivity contribution in [2.24, 2.45) is 0 Å². The van der Waals surface area contributed by atoms with Gasteiger partial charge in [-0.1, -0.05) is 41.4 Å². The highest BCUT2D eigenvalue weighted by Gasteiger charge is 2.20. The maximum absolute atomic E-state index is 12.9. The molecule has 7 nitrogen and oxygen atoms in total. The van der Waals surface area contributed by atoms with Gasteiger partial charge in [0.15, 0.2) is 0 Å². The average Bonchev–Trinajstić information content (AvgIpc) is 3.21. The van der Waals surface area contributed by atoms with Crippen LogP contribution in [0.4, 0.5) is 11.4 Å². The Balaban J connectivity index is 1.69. The Morgan fingerprint density at radius 2 is 1.63 bits per heavy atom. The number of nitrogens with one attached hydrogen (secondary N) is 1. The minimum absolute atomic E-state index is 0.0443. The predicted octanol–water partition coefficient (Wildman–Crippen LogP) is 5.09. The van der Waals surface area contributed by atoms with E-state index in [-0.39, 0.29) is 21.5 Å². The molecule has 0 amide bonds. The average molecular weight is 461 g/mol. The summed E-state index contributed by atoms with van der Waals surface area (Å²) in [5.41, 5.74) is 7.55. The lowest BCUT2D eigenvalue weighted by molar-refractivity contribution is 0.584. The van der Waals surface area contributed by atoms with Crippen LogP contribution in [-0.2, 0) is 10.0 Å². The third kappa shape index (κ3) is 4.11. The Bertz CT molecular complexity index is 1330. The van der Waals surface area contributed by atoms with Gasteiger partial charge in [0.1, 0.15) is 0 Å². The summed E-state index contributed by atoms with van der Waals surface area (Å²) in [4.78, 5) is -0.0443. The maximum atomic E-state index is 12.9. The largest absolute Gasteiger partial charge is 0.416 e. The van der Waals surface area contributed by atoms with Gasteiger partial charge < -0.3 is 10.2 Å². The quantitative estimate of drug-likeness (QED) is 0.401. The molecule has 1 aromatic heterocycles. The summed E-state index contributed by atoms with van der Waals surface area (Å²) in [5.74, 6) is 0.400. The number of aromatic nitrogens is 2. The number of sulfonamides is 1. The number of nitrogens with zero attached hydrogens (tertiary/aromatic N) is 2. The van der Waals surface area contributed by atoms with Crippen molar-refractivity contribution in [3.8, 4) is 22.9 Å². The summed E-state index contributed by atoms with van der Waals surface area (Å²) in [6.45, 7) is 0. The third-order valence-electron chi connectivity index (χ3n) is 4.19. The molecule has 0 atom stereocenters. The van der Waals surface area contributed by atoms with Crippen LogP contribution in [0, 0.1) is 0 Å². The molecular formula is C20H14Cl2N4O3S. The van der Waals surface area contributed by atoms with E-state index in [1.807, 2.05) is 30.3 Å². The molecule has 0 fully saturated rings. The van der Waals surface area contributed by atoms with Gasteiger partial charge in [-0.05, 0) is 48.5 Å². The van der Waals surface area contributed by atoms with Crippen LogP contribution in [0.3, 0.4) is 0 Å². The van der Waals surface area contributed by atoms with Gasteiger partial charge in [-0.2, -0.15) is 0 Å². The van der Waals surface area contributed by atoms with E-state index in [9.17, 15) is 8.42 Å². The fourth-order valence-corrected chi connectivity index (χ4v) is 4.31. The van der Waals surface area contributed by atoms with Gasteiger partial charge >= 0.3 is 0 Å². The van der Waals surface area contributed by atoms with E-state index in [0.29, 0.717) is 22.2 Å². The number of hydrogen-bond acceptors (Lipinski definition) is 6. The van der Waals surface area contributed by atoms with Gasteiger partial charge in [0.25, 0.3) is 10.0 Å². The number of rotatable bonds is 5. The molecule has 1 heterocycles. The number of nitrogens with two attached hydrogens (primary N) is 1. The summed E-state index contributed by atoms with van der Waals surface area (Å²) >= 11 is 11.9. The van der Waals surface area contributed by atoms with Crippen LogP contribution < -0.4 is 10.5 Å². The van der Waals surface area contributed by atoms with E-state index in [2.05, 4.69) is 14.9 Å². The maximum Gasteiger partial charge on any atom is 0.261 e. The second-order valence-corrected chi connectivity index (χ2v) is 8.78. The van der Waals surface area contributed by atoms with Crippen molar-refractivity contribution in [1.82, 2.24) is 10.2 Å². The molecular weight excluding hydrogens is 447 g/mol. The molecule has 0 radical (unpaired) electrons. The zero-order valence-electron chi connectivity index (χ0n) is 15.2. The smallest absolute Gasteiger partial charge is 0.261 e. The molecule has 30 heavy (non-hydrogen) atoms. The Morgan fingerprint density at radius 1 is 0.900 bits per heavy atom. The fraction of sp³-hybridized carbons (Fsp3) is 0. The summed E-state index contributed by atoms with van der Waals surface area (Å²) in [7, 11) is -3.96. The van der Waals surface area contributed by atoms with Crippen molar-refractivity contribution in [1.29, 1.82) is 0 Å². The fourth-order valence-electron chi connectivity index (χ4n) is 2.69. The number of halogens is 2. The van der Waals surface area contributed by atoms with Crippen LogP contribution in [0.15, 0.2) is 76.0 Å². The Labute approximate surface area is 182 Å². The highest BCUT2D eigenvalue weighted by atomic mass is 35.5. The molecule has 4 rings (SSSR count). The molecule has 152 valence electrons. The monoisotopic (exact) mass is 460 g/mol. The summed E-state index contributed by atoms with van der Waals surface area (Å²) < 4.78 is 33.8. The molecule has 10 heteroatoms. The van der Waals surface area contributed by atoms with Crippen LogP contribution in [-0.4, -0.2) is 18.6 Å². The second-order valence-electron chi connectivity index (χ2n) is 6.26. The first kappa shape index (κ1) is 20.2. The molecule has 4 aromatic rings. The molecule has 0 aliphatic heterocycles. The van der Waals surface area contributed by atoms with Gasteiger partial charge in [-0.25, -0.2) is 8.42 Å². The highest BCUT2D eigenvalue weighted by molar-refractivity contribution is 7.92. The first-order valence-electron chi connectivity index (χ1n) is 8.60. The first-order chi connectivity index (χ1) is 14.3. The van der Waals surface area contributed by atoms with Gasteiger partial charge in [0.05, 0.1) is 21.2 Å². The number of nitrogen functional groups attached to an aromatic ring is 1. The zero-order valence-corrected chi connectivity index (χ0v) is 17.5. The van der Waals surface area contributed by atoms with Crippen LogP contribution in [0.1, 0.15) is 0 Å². The standard InChI is InChI=1S/C20H14Cl2N4O3S/c21-13-6-9-18(16(22)10-13)26-30(27,28)14-7-8-17(23)15(11-14)20-25-24-19(29-20)12-4-2-1-3-5-12/h1-11,26H,23H2. The van der Waals surface area contributed by atoms with Gasteiger partial charge in [0, 0.05) is 16.3 Å². The molecule has 0 unspecified atom stereocenters. The Kier molecular flexibility index (Phi) is 5.38. The van der Waals surface area contributed by atoms with Crippen molar-refractivity contribution < 1.29 is 12.8 Å². The first-order valence-corrected chi connectivity index (χ1v) is 10.8. The van der Waals surface area contributed by atoms with Crippen LogP contribution in [0.25, 0.3) is 22.9 Å². The van der Waals surface area contributed by atoms with Crippen LogP contribution in [0.2, 0.25) is 10.0 Å². The van der Waals surface area contributed by atoms with E-state index >= 15 is 0 Å². The molecule has 3 aromatic carbocycles. The molecule has 0 spiro atoms. The van der Waals surface area contributed by atoms with E-state index < -0.39 is 10.0 Å². The lowest BCUT2D eigenvalue weighted by Crippen LogP contribution is -2.13. The summed E-state index contributed by atoms with van der Waals surface area (Å²) in [6.07, 6.45) is 0. The lowest BCUT2D eigenvalue weighted by Gasteiger charge is -2.11. The molecule has 0 bridgehead atoms. The van der Waals surface area contributed by atoms with E-state index in [0.717, 1.165) is 5.56 Å². The minimum Gasteiger partial charge on any atom is -0.416 e.